The highest BCUT2D eigenvalue weighted by Crippen LogP contribution is 2.14. The van der Waals surface area contributed by atoms with Crippen LogP contribution in [0.15, 0.2) is 24.3 Å². The van der Waals surface area contributed by atoms with Crippen LogP contribution in [0.5, 0.6) is 0 Å². The Hall–Kier alpha value is -1.42. The van der Waals surface area contributed by atoms with Crippen molar-refractivity contribution in [3.05, 3.63) is 35.4 Å². The van der Waals surface area contributed by atoms with Crippen LogP contribution in [0.3, 0.4) is 0 Å². The first kappa shape index (κ1) is 16.6. The second-order valence-electron chi connectivity index (χ2n) is 4.57. The van der Waals surface area contributed by atoms with Gasteiger partial charge in [-0.05, 0) is 24.6 Å². The van der Waals surface area contributed by atoms with Crippen molar-refractivity contribution in [3.8, 4) is 6.07 Å². The SMILES string of the molecule is CCN(C(C)COC)S(=O)(=O)Cc1ccc(C#N)cc1. The number of benzene rings is 1. The number of hydrogen-bond acceptors (Lipinski definition) is 4. The summed E-state index contributed by atoms with van der Waals surface area (Å²) in [5.74, 6) is -0.0688. The summed E-state index contributed by atoms with van der Waals surface area (Å²) in [4.78, 5) is 0. The van der Waals surface area contributed by atoms with Crippen molar-refractivity contribution in [2.75, 3.05) is 20.3 Å². The Morgan fingerprint density at radius 3 is 2.40 bits per heavy atom. The van der Waals surface area contributed by atoms with Crippen LogP contribution in [0.2, 0.25) is 0 Å². The molecule has 6 heteroatoms. The average molecular weight is 296 g/mol. The van der Waals surface area contributed by atoms with Crippen molar-refractivity contribution >= 4 is 10.0 Å². The normalized spacial score (nSPS) is 13.2. The molecule has 5 nitrogen and oxygen atoms in total. The molecule has 0 saturated heterocycles. The van der Waals surface area contributed by atoms with Crippen molar-refractivity contribution in [2.45, 2.75) is 25.6 Å². The van der Waals surface area contributed by atoms with Crippen LogP contribution < -0.4 is 0 Å². The summed E-state index contributed by atoms with van der Waals surface area (Å²) in [5.41, 5.74) is 1.19. The lowest BCUT2D eigenvalue weighted by molar-refractivity contribution is 0.142. The Labute approximate surface area is 120 Å². The van der Waals surface area contributed by atoms with Gasteiger partial charge in [0.05, 0.1) is 24.0 Å². The molecule has 0 aliphatic heterocycles. The summed E-state index contributed by atoms with van der Waals surface area (Å²) in [5, 5.41) is 8.73. The molecular formula is C14H20N2O3S. The summed E-state index contributed by atoms with van der Waals surface area (Å²) in [7, 11) is -1.84. The topological polar surface area (TPSA) is 70.4 Å². The van der Waals surface area contributed by atoms with Crippen LogP contribution >= 0.6 is 0 Å². The molecule has 0 spiro atoms. The zero-order valence-corrected chi connectivity index (χ0v) is 12.9. The van der Waals surface area contributed by atoms with E-state index in [0.29, 0.717) is 24.3 Å². The van der Waals surface area contributed by atoms with Crippen molar-refractivity contribution < 1.29 is 13.2 Å². The van der Waals surface area contributed by atoms with E-state index in [4.69, 9.17) is 10.00 Å². The molecule has 20 heavy (non-hydrogen) atoms. The highest BCUT2D eigenvalue weighted by atomic mass is 32.2. The van der Waals surface area contributed by atoms with Crippen LogP contribution in [0.4, 0.5) is 0 Å². The number of sulfonamides is 1. The third-order valence-corrected chi connectivity index (χ3v) is 5.03. The van der Waals surface area contributed by atoms with Crippen LogP contribution in [0.1, 0.15) is 25.0 Å². The number of ether oxygens (including phenoxy) is 1. The molecule has 1 unspecified atom stereocenters. The lowest BCUT2D eigenvalue weighted by Gasteiger charge is -2.26. The quantitative estimate of drug-likeness (QED) is 0.768. The predicted octanol–water partition coefficient (Wildman–Crippen LogP) is 1.74. The van der Waals surface area contributed by atoms with Gasteiger partial charge in [0, 0.05) is 19.7 Å². The van der Waals surface area contributed by atoms with E-state index in [1.54, 1.807) is 31.4 Å². The Balaban J connectivity index is 2.89. The van der Waals surface area contributed by atoms with E-state index in [0.717, 1.165) is 0 Å². The van der Waals surface area contributed by atoms with Crippen molar-refractivity contribution in [2.24, 2.45) is 0 Å². The van der Waals surface area contributed by atoms with E-state index < -0.39 is 10.0 Å². The van der Waals surface area contributed by atoms with E-state index in [1.807, 2.05) is 19.9 Å². The van der Waals surface area contributed by atoms with E-state index >= 15 is 0 Å². The molecule has 1 aromatic rings. The second-order valence-corrected chi connectivity index (χ2v) is 6.49. The second kappa shape index (κ2) is 7.39. The number of nitrogens with zero attached hydrogens (tertiary/aromatic N) is 2. The van der Waals surface area contributed by atoms with Gasteiger partial charge in [0.1, 0.15) is 0 Å². The first-order valence-electron chi connectivity index (χ1n) is 6.42. The zero-order chi connectivity index (χ0) is 15.2. The monoisotopic (exact) mass is 296 g/mol. The standard InChI is InChI=1S/C14H20N2O3S/c1-4-16(12(2)10-19-3)20(17,18)11-14-7-5-13(9-15)6-8-14/h5-8,12H,4,10-11H2,1-3H3. The maximum absolute atomic E-state index is 12.4. The van der Waals surface area contributed by atoms with Crippen LogP contribution in [-0.2, 0) is 20.5 Å². The molecule has 0 fully saturated rings. The molecule has 0 bridgehead atoms. The van der Waals surface area contributed by atoms with Crippen LogP contribution in [0.25, 0.3) is 0 Å². The molecule has 110 valence electrons. The van der Waals surface area contributed by atoms with Crippen LogP contribution in [0, 0.1) is 11.3 Å². The summed E-state index contributed by atoms with van der Waals surface area (Å²) < 4.78 is 31.3. The first-order valence-corrected chi connectivity index (χ1v) is 8.03. The minimum atomic E-state index is -3.40. The van der Waals surface area contributed by atoms with Gasteiger partial charge in [0.25, 0.3) is 0 Å². The van der Waals surface area contributed by atoms with Gasteiger partial charge in [-0.2, -0.15) is 9.57 Å². The first-order chi connectivity index (χ1) is 9.44. The fourth-order valence-electron chi connectivity index (χ4n) is 2.08. The Morgan fingerprint density at radius 1 is 1.35 bits per heavy atom. The number of rotatable bonds is 7. The van der Waals surface area contributed by atoms with Gasteiger partial charge in [0.2, 0.25) is 10.0 Å². The van der Waals surface area contributed by atoms with Crippen molar-refractivity contribution in [3.63, 3.8) is 0 Å². The molecule has 0 aliphatic rings. The van der Waals surface area contributed by atoms with Gasteiger partial charge >= 0.3 is 0 Å². The summed E-state index contributed by atoms with van der Waals surface area (Å²) in [6.07, 6.45) is 0. The van der Waals surface area contributed by atoms with Gasteiger partial charge in [-0.3, -0.25) is 0 Å². The van der Waals surface area contributed by atoms with Gasteiger partial charge in [0.15, 0.2) is 0 Å². The molecule has 0 aromatic heterocycles. The molecule has 0 N–H and O–H groups in total. The lowest BCUT2D eigenvalue weighted by atomic mass is 10.2. The van der Waals surface area contributed by atoms with Gasteiger partial charge in [-0.15, -0.1) is 0 Å². The summed E-state index contributed by atoms with van der Waals surface area (Å²) >= 11 is 0. The van der Waals surface area contributed by atoms with Crippen molar-refractivity contribution in [1.29, 1.82) is 5.26 Å². The molecule has 0 radical (unpaired) electrons. The highest BCUT2D eigenvalue weighted by Gasteiger charge is 2.25. The smallest absolute Gasteiger partial charge is 0.218 e. The maximum Gasteiger partial charge on any atom is 0.218 e. The average Bonchev–Trinajstić information content (AvgIpc) is 2.39. The molecular weight excluding hydrogens is 276 g/mol. The third-order valence-electron chi connectivity index (χ3n) is 3.00. The minimum Gasteiger partial charge on any atom is -0.383 e. The van der Waals surface area contributed by atoms with Crippen LogP contribution in [-0.4, -0.2) is 39.0 Å². The number of nitriles is 1. The maximum atomic E-state index is 12.4. The Kier molecular flexibility index (Phi) is 6.14. The minimum absolute atomic E-state index is 0.0688. The Morgan fingerprint density at radius 2 is 1.95 bits per heavy atom. The molecule has 1 rings (SSSR count). The number of hydrogen-bond donors (Lipinski definition) is 0. The molecule has 0 aliphatic carbocycles. The number of likely N-dealkylation sites (N-methyl/N-ethyl adjacent to an activating group) is 1. The lowest BCUT2D eigenvalue weighted by Crippen LogP contribution is -2.41. The molecule has 0 saturated carbocycles. The van der Waals surface area contributed by atoms with E-state index in [2.05, 4.69) is 0 Å². The largest absolute Gasteiger partial charge is 0.383 e. The molecule has 0 heterocycles. The zero-order valence-electron chi connectivity index (χ0n) is 12.0. The summed E-state index contributed by atoms with van der Waals surface area (Å²) in [6.45, 7) is 4.40. The van der Waals surface area contributed by atoms with E-state index in [9.17, 15) is 8.42 Å². The van der Waals surface area contributed by atoms with Crippen molar-refractivity contribution in [1.82, 2.24) is 4.31 Å². The van der Waals surface area contributed by atoms with Gasteiger partial charge < -0.3 is 4.74 Å². The molecule has 0 amide bonds. The van der Waals surface area contributed by atoms with Gasteiger partial charge in [-0.25, -0.2) is 8.42 Å². The van der Waals surface area contributed by atoms with Gasteiger partial charge in [-0.1, -0.05) is 19.1 Å². The van der Waals surface area contributed by atoms with E-state index in [1.165, 1.54) is 4.31 Å². The molecule has 1 atom stereocenters. The highest BCUT2D eigenvalue weighted by molar-refractivity contribution is 7.88. The third kappa shape index (κ3) is 4.30. The Bertz CT molecular complexity index is 561. The number of methoxy groups -OCH3 is 1. The fraction of sp³-hybridized carbons (Fsp3) is 0.500. The fourth-order valence-corrected chi connectivity index (χ4v) is 3.86. The predicted molar refractivity (Wildman–Crippen MR) is 77.5 cm³/mol. The summed E-state index contributed by atoms with van der Waals surface area (Å²) in [6, 6.07) is 8.40. The van der Waals surface area contributed by atoms with E-state index in [-0.39, 0.29) is 11.8 Å². The molecule has 1 aromatic carbocycles.